The van der Waals surface area contributed by atoms with E-state index in [1.807, 2.05) is 0 Å². The number of amides is 1. The minimum atomic E-state index is 0.221. The Morgan fingerprint density at radius 3 is 2.82 bits per heavy atom. The summed E-state index contributed by atoms with van der Waals surface area (Å²) in [6.45, 7) is 7.46. The molecule has 1 saturated carbocycles. The fraction of sp³-hybridized carbons (Fsp3) is 0.800. The zero-order chi connectivity index (χ0) is 12.5. The van der Waals surface area contributed by atoms with Crippen LogP contribution in [0.2, 0.25) is 0 Å². The second-order valence-corrected chi connectivity index (χ2v) is 6.34. The molecule has 4 unspecified atom stereocenters. The topological polar surface area (TPSA) is 29.1 Å². The predicted octanol–water partition coefficient (Wildman–Crippen LogP) is 3.14. The van der Waals surface area contributed by atoms with Gasteiger partial charge in [-0.2, -0.15) is 0 Å². The molecule has 0 aliphatic heterocycles. The lowest BCUT2D eigenvalue weighted by Crippen LogP contribution is -2.34. The Labute approximate surface area is 105 Å². The highest BCUT2D eigenvalue weighted by Crippen LogP contribution is 2.53. The van der Waals surface area contributed by atoms with Crippen LogP contribution in [-0.2, 0) is 4.79 Å². The van der Waals surface area contributed by atoms with Gasteiger partial charge in [-0.05, 0) is 36.0 Å². The van der Waals surface area contributed by atoms with E-state index in [4.69, 9.17) is 0 Å². The van der Waals surface area contributed by atoms with E-state index >= 15 is 0 Å². The van der Waals surface area contributed by atoms with Crippen molar-refractivity contribution in [2.45, 2.75) is 46.5 Å². The number of hydrogen-bond acceptors (Lipinski definition) is 1. The zero-order valence-corrected chi connectivity index (χ0v) is 11.3. The van der Waals surface area contributed by atoms with Gasteiger partial charge in [0.25, 0.3) is 0 Å². The van der Waals surface area contributed by atoms with E-state index in [9.17, 15) is 4.79 Å². The Kier molecular flexibility index (Phi) is 3.60. The van der Waals surface area contributed by atoms with Gasteiger partial charge in [-0.1, -0.05) is 39.3 Å². The molecule has 2 aliphatic carbocycles. The third-order valence-corrected chi connectivity index (χ3v) is 4.70. The molecule has 1 amide bonds. The van der Waals surface area contributed by atoms with E-state index in [-0.39, 0.29) is 11.3 Å². The molecule has 4 atom stereocenters. The van der Waals surface area contributed by atoms with Crippen molar-refractivity contribution in [3.8, 4) is 0 Å². The molecular formula is C15H25NO. The van der Waals surface area contributed by atoms with E-state index in [1.54, 1.807) is 0 Å². The maximum atomic E-state index is 12.0. The van der Waals surface area contributed by atoms with Gasteiger partial charge in [-0.25, -0.2) is 0 Å². The predicted molar refractivity (Wildman–Crippen MR) is 70.5 cm³/mol. The lowest BCUT2D eigenvalue weighted by molar-refractivity contribution is -0.123. The fourth-order valence-corrected chi connectivity index (χ4v) is 3.26. The SMILES string of the molecule is CCC(C)CNC(=O)CC1(C)CC2C=CC1C2. The second-order valence-electron chi connectivity index (χ2n) is 6.34. The first kappa shape index (κ1) is 12.7. The Morgan fingerprint density at radius 2 is 2.29 bits per heavy atom. The van der Waals surface area contributed by atoms with E-state index in [1.165, 1.54) is 12.8 Å². The molecule has 1 fully saturated rings. The summed E-state index contributed by atoms with van der Waals surface area (Å²) in [5.74, 6) is 2.22. The van der Waals surface area contributed by atoms with Crippen LogP contribution in [0.1, 0.15) is 46.5 Å². The van der Waals surface area contributed by atoms with Crippen LogP contribution in [0.15, 0.2) is 12.2 Å². The van der Waals surface area contributed by atoms with Gasteiger partial charge >= 0.3 is 0 Å². The van der Waals surface area contributed by atoms with Crippen molar-refractivity contribution in [2.75, 3.05) is 6.54 Å². The van der Waals surface area contributed by atoms with E-state index < -0.39 is 0 Å². The molecule has 96 valence electrons. The fourth-order valence-electron chi connectivity index (χ4n) is 3.26. The Morgan fingerprint density at radius 1 is 1.53 bits per heavy atom. The average molecular weight is 235 g/mol. The highest BCUT2D eigenvalue weighted by atomic mass is 16.1. The lowest BCUT2D eigenvalue weighted by atomic mass is 9.75. The minimum absolute atomic E-state index is 0.221. The van der Waals surface area contributed by atoms with Crippen LogP contribution >= 0.6 is 0 Å². The number of carbonyl (C=O) groups is 1. The summed E-state index contributed by atoms with van der Waals surface area (Å²) in [4.78, 5) is 12.0. The molecule has 2 heteroatoms. The largest absolute Gasteiger partial charge is 0.356 e. The maximum absolute atomic E-state index is 12.0. The smallest absolute Gasteiger partial charge is 0.220 e. The van der Waals surface area contributed by atoms with Gasteiger partial charge in [-0.3, -0.25) is 4.79 Å². The third kappa shape index (κ3) is 2.72. The molecular weight excluding hydrogens is 210 g/mol. The van der Waals surface area contributed by atoms with Crippen molar-refractivity contribution < 1.29 is 4.79 Å². The molecule has 0 aromatic carbocycles. The Hall–Kier alpha value is -0.790. The number of rotatable bonds is 5. The summed E-state index contributed by atoms with van der Waals surface area (Å²) in [6.07, 6.45) is 8.97. The van der Waals surface area contributed by atoms with Crippen LogP contribution in [0.3, 0.4) is 0 Å². The zero-order valence-electron chi connectivity index (χ0n) is 11.3. The normalized spacial score (nSPS) is 36.2. The lowest BCUT2D eigenvalue weighted by Gasteiger charge is -2.30. The number of hydrogen-bond donors (Lipinski definition) is 1. The molecule has 2 bridgehead atoms. The maximum Gasteiger partial charge on any atom is 0.220 e. The second kappa shape index (κ2) is 4.83. The highest BCUT2D eigenvalue weighted by Gasteiger charge is 2.45. The van der Waals surface area contributed by atoms with E-state index in [0.29, 0.717) is 18.3 Å². The molecule has 0 saturated heterocycles. The standard InChI is InChI=1S/C15H25NO/c1-4-11(2)10-16-14(17)9-15(3)8-12-5-6-13(15)7-12/h5-6,11-13H,4,7-10H2,1-3H3,(H,16,17). The van der Waals surface area contributed by atoms with Gasteiger partial charge in [0.15, 0.2) is 0 Å². The summed E-state index contributed by atoms with van der Waals surface area (Å²) < 4.78 is 0. The Bertz CT molecular complexity index is 323. The molecule has 0 heterocycles. The van der Waals surface area contributed by atoms with E-state index in [0.717, 1.165) is 18.9 Å². The average Bonchev–Trinajstić information content (AvgIpc) is 2.85. The number of carbonyl (C=O) groups excluding carboxylic acids is 1. The van der Waals surface area contributed by atoms with Crippen LogP contribution in [0, 0.1) is 23.2 Å². The molecule has 0 aromatic rings. The summed E-state index contributed by atoms with van der Waals surface area (Å²) >= 11 is 0. The first-order valence-corrected chi connectivity index (χ1v) is 6.98. The quantitative estimate of drug-likeness (QED) is 0.729. The first-order chi connectivity index (χ1) is 8.03. The first-order valence-electron chi connectivity index (χ1n) is 6.98. The van der Waals surface area contributed by atoms with Crippen LogP contribution in [0.4, 0.5) is 0 Å². The molecule has 1 N–H and O–H groups in total. The molecule has 2 rings (SSSR count). The van der Waals surface area contributed by atoms with Crippen molar-refractivity contribution in [3.05, 3.63) is 12.2 Å². The van der Waals surface area contributed by atoms with Crippen molar-refractivity contribution >= 4 is 5.91 Å². The summed E-state index contributed by atoms with van der Waals surface area (Å²) in [6, 6.07) is 0. The van der Waals surface area contributed by atoms with Gasteiger partial charge in [0.1, 0.15) is 0 Å². The monoisotopic (exact) mass is 235 g/mol. The van der Waals surface area contributed by atoms with Crippen molar-refractivity contribution in [1.29, 1.82) is 0 Å². The molecule has 0 radical (unpaired) electrons. The number of nitrogens with one attached hydrogen (secondary N) is 1. The van der Waals surface area contributed by atoms with Crippen LogP contribution in [0.25, 0.3) is 0 Å². The molecule has 0 aromatic heterocycles. The van der Waals surface area contributed by atoms with Gasteiger partial charge in [-0.15, -0.1) is 0 Å². The highest BCUT2D eigenvalue weighted by molar-refractivity contribution is 5.76. The Balaban J connectivity index is 1.81. The molecule has 17 heavy (non-hydrogen) atoms. The van der Waals surface area contributed by atoms with Crippen molar-refractivity contribution in [2.24, 2.45) is 23.2 Å². The van der Waals surface area contributed by atoms with Crippen LogP contribution in [-0.4, -0.2) is 12.5 Å². The van der Waals surface area contributed by atoms with Crippen molar-refractivity contribution in [1.82, 2.24) is 5.32 Å². The molecule has 2 nitrogen and oxygen atoms in total. The minimum Gasteiger partial charge on any atom is -0.356 e. The number of fused-ring (bicyclic) bond motifs is 2. The van der Waals surface area contributed by atoms with Gasteiger partial charge in [0.05, 0.1) is 0 Å². The summed E-state index contributed by atoms with van der Waals surface area (Å²) in [7, 11) is 0. The summed E-state index contributed by atoms with van der Waals surface area (Å²) in [5, 5.41) is 3.08. The van der Waals surface area contributed by atoms with Crippen LogP contribution in [0.5, 0.6) is 0 Å². The number of allylic oxidation sites excluding steroid dienone is 2. The molecule has 2 aliphatic rings. The van der Waals surface area contributed by atoms with Crippen molar-refractivity contribution in [3.63, 3.8) is 0 Å². The molecule has 0 spiro atoms. The van der Waals surface area contributed by atoms with E-state index in [2.05, 4.69) is 38.2 Å². The van der Waals surface area contributed by atoms with Gasteiger partial charge in [0.2, 0.25) is 5.91 Å². The van der Waals surface area contributed by atoms with Crippen LogP contribution < -0.4 is 5.32 Å². The summed E-state index contributed by atoms with van der Waals surface area (Å²) in [5.41, 5.74) is 0.221. The third-order valence-electron chi connectivity index (χ3n) is 4.70. The van der Waals surface area contributed by atoms with Gasteiger partial charge < -0.3 is 5.32 Å². The van der Waals surface area contributed by atoms with Gasteiger partial charge in [0, 0.05) is 13.0 Å².